The summed E-state index contributed by atoms with van der Waals surface area (Å²) in [6.45, 7) is 2.12. The average molecular weight is 397 g/mol. The molecule has 0 bridgehead atoms. The number of aliphatic hydroxyl groups is 1. The quantitative estimate of drug-likeness (QED) is 0.775. The van der Waals surface area contributed by atoms with E-state index in [0.29, 0.717) is 6.61 Å². The Labute approximate surface area is 126 Å². The lowest BCUT2D eigenvalue weighted by molar-refractivity contribution is -0.0516. The summed E-state index contributed by atoms with van der Waals surface area (Å²) in [6, 6.07) is 6.51. The largest absolute Gasteiger partial charge is 0.394 e. The van der Waals surface area contributed by atoms with Gasteiger partial charge >= 0.3 is 0 Å². The van der Waals surface area contributed by atoms with Crippen LogP contribution in [0.1, 0.15) is 6.92 Å². The number of sulfonamides is 1. The van der Waals surface area contributed by atoms with Crippen LogP contribution in [0.15, 0.2) is 29.2 Å². The minimum Gasteiger partial charge on any atom is -0.394 e. The lowest BCUT2D eigenvalue weighted by Gasteiger charge is -2.36. The molecule has 1 N–H and O–H groups in total. The highest BCUT2D eigenvalue weighted by atomic mass is 127. The predicted molar refractivity (Wildman–Crippen MR) is 79.3 cm³/mol. The number of ether oxygens (including phenoxy) is 1. The highest BCUT2D eigenvalue weighted by Crippen LogP contribution is 2.23. The second-order valence-corrected chi connectivity index (χ2v) is 7.65. The highest BCUT2D eigenvalue weighted by Gasteiger charge is 2.35. The van der Waals surface area contributed by atoms with Crippen molar-refractivity contribution in [2.24, 2.45) is 0 Å². The molecule has 106 valence electrons. The van der Waals surface area contributed by atoms with Gasteiger partial charge in [0.2, 0.25) is 10.0 Å². The fraction of sp³-hybridized carbons (Fsp3) is 0.500. The molecule has 1 saturated heterocycles. The van der Waals surface area contributed by atoms with E-state index in [-0.39, 0.29) is 24.1 Å². The summed E-state index contributed by atoms with van der Waals surface area (Å²) >= 11 is 2.13. The molecule has 1 aromatic rings. The van der Waals surface area contributed by atoms with Gasteiger partial charge in [0.05, 0.1) is 24.2 Å². The topological polar surface area (TPSA) is 66.8 Å². The van der Waals surface area contributed by atoms with E-state index in [1.165, 1.54) is 4.31 Å². The number of nitrogens with zero attached hydrogens (tertiary/aromatic N) is 1. The summed E-state index contributed by atoms with van der Waals surface area (Å²) in [5.74, 6) is 0. The van der Waals surface area contributed by atoms with Crippen LogP contribution in [0.3, 0.4) is 0 Å². The zero-order valence-electron chi connectivity index (χ0n) is 10.5. The number of halogens is 1. The summed E-state index contributed by atoms with van der Waals surface area (Å²) in [6.07, 6.45) is -0.449. The molecular weight excluding hydrogens is 381 g/mol. The van der Waals surface area contributed by atoms with Crippen molar-refractivity contribution in [1.29, 1.82) is 0 Å². The molecular formula is C12H16INO4S. The summed E-state index contributed by atoms with van der Waals surface area (Å²) in [5, 5.41) is 9.12. The monoisotopic (exact) mass is 397 g/mol. The summed E-state index contributed by atoms with van der Waals surface area (Å²) in [5.41, 5.74) is 0. The van der Waals surface area contributed by atoms with Crippen LogP contribution in [-0.4, -0.2) is 49.7 Å². The van der Waals surface area contributed by atoms with Gasteiger partial charge in [-0.15, -0.1) is 0 Å². The molecule has 1 fully saturated rings. The summed E-state index contributed by atoms with van der Waals surface area (Å²) < 4.78 is 32.9. The first-order valence-corrected chi connectivity index (χ1v) is 8.47. The fourth-order valence-electron chi connectivity index (χ4n) is 1.98. The summed E-state index contributed by atoms with van der Waals surface area (Å²) in [7, 11) is -3.53. The second-order valence-electron chi connectivity index (χ2n) is 4.52. The zero-order valence-corrected chi connectivity index (χ0v) is 13.5. The minimum absolute atomic E-state index is 0.175. The molecule has 2 atom stereocenters. The normalized spacial score (nSPS) is 25.4. The van der Waals surface area contributed by atoms with Gasteiger partial charge in [0, 0.05) is 16.2 Å². The Morgan fingerprint density at radius 2 is 2.05 bits per heavy atom. The molecule has 0 amide bonds. The minimum atomic E-state index is -3.53. The standard InChI is InChI=1S/C12H16INO4S/c1-9-8-18-11(7-15)6-14(9)19(16,17)12-4-2-10(13)3-5-12/h2-5,9,11,15H,6-8H2,1H3. The molecule has 1 aliphatic heterocycles. The van der Waals surface area contributed by atoms with Gasteiger partial charge in [-0.1, -0.05) is 0 Å². The number of hydrogen-bond donors (Lipinski definition) is 1. The Morgan fingerprint density at radius 3 is 2.63 bits per heavy atom. The van der Waals surface area contributed by atoms with Crippen molar-refractivity contribution in [1.82, 2.24) is 4.31 Å². The van der Waals surface area contributed by atoms with E-state index >= 15 is 0 Å². The molecule has 1 aliphatic rings. The Balaban J connectivity index is 2.29. The van der Waals surface area contributed by atoms with Crippen molar-refractivity contribution in [3.63, 3.8) is 0 Å². The Kier molecular flexibility index (Phi) is 4.83. The van der Waals surface area contributed by atoms with Crippen LogP contribution in [0.25, 0.3) is 0 Å². The van der Waals surface area contributed by atoms with Crippen LogP contribution >= 0.6 is 22.6 Å². The van der Waals surface area contributed by atoms with Crippen molar-refractivity contribution >= 4 is 32.6 Å². The third-order valence-corrected chi connectivity index (χ3v) is 5.79. The number of morpholine rings is 1. The maximum absolute atomic E-state index is 12.6. The molecule has 1 heterocycles. The Morgan fingerprint density at radius 1 is 1.42 bits per heavy atom. The van der Waals surface area contributed by atoms with Crippen molar-refractivity contribution in [2.75, 3.05) is 19.8 Å². The molecule has 2 unspecified atom stereocenters. The number of hydrogen-bond acceptors (Lipinski definition) is 4. The van der Waals surface area contributed by atoms with Gasteiger partial charge in [0.1, 0.15) is 0 Å². The van der Waals surface area contributed by atoms with Crippen molar-refractivity contribution < 1.29 is 18.3 Å². The van der Waals surface area contributed by atoms with Gasteiger partial charge < -0.3 is 9.84 Å². The van der Waals surface area contributed by atoms with E-state index in [4.69, 9.17) is 9.84 Å². The van der Waals surface area contributed by atoms with Crippen LogP contribution in [0.5, 0.6) is 0 Å². The zero-order chi connectivity index (χ0) is 14.0. The van der Waals surface area contributed by atoms with Gasteiger partial charge in [-0.05, 0) is 53.8 Å². The number of benzene rings is 1. The van der Waals surface area contributed by atoms with Crippen molar-refractivity contribution in [3.05, 3.63) is 27.8 Å². The Hall–Kier alpha value is -0.220. The molecule has 19 heavy (non-hydrogen) atoms. The number of rotatable bonds is 3. The van der Waals surface area contributed by atoms with Crippen LogP contribution in [0, 0.1) is 3.57 Å². The molecule has 5 nitrogen and oxygen atoms in total. The van der Waals surface area contributed by atoms with Crippen LogP contribution < -0.4 is 0 Å². The third-order valence-electron chi connectivity index (χ3n) is 3.07. The molecule has 2 rings (SSSR count). The van der Waals surface area contributed by atoms with Gasteiger partial charge in [-0.3, -0.25) is 0 Å². The molecule has 0 spiro atoms. The molecule has 0 saturated carbocycles. The van der Waals surface area contributed by atoms with Gasteiger partial charge in [0.25, 0.3) is 0 Å². The first-order chi connectivity index (χ1) is 8.95. The second kappa shape index (κ2) is 6.04. The van der Waals surface area contributed by atoms with Gasteiger partial charge in [0.15, 0.2) is 0 Å². The summed E-state index contributed by atoms with van der Waals surface area (Å²) in [4.78, 5) is 0.276. The molecule has 0 radical (unpaired) electrons. The smallest absolute Gasteiger partial charge is 0.243 e. The first kappa shape index (κ1) is 15.2. The molecule has 0 aliphatic carbocycles. The van der Waals surface area contributed by atoms with E-state index < -0.39 is 16.1 Å². The lowest BCUT2D eigenvalue weighted by atomic mass is 10.2. The predicted octanol–water partition coefficient (Wildman–Crippen LogP) is 1.06. The van der Waals surface area contributed by atoms with E-state index in [2.05, 4.69) is 22.6 Å². The van der Waals surface area contributed by atoms with E-state index in [1.807, 2.05) is 0 Å². The van der Waals surface area contributed by atoms with Crippen LogP contribution in [0.2, 0.25) is 0 Å². The lowest BCUT2D eigenvalue weighted by Crippen LogP contribution is -2.51. The first-order valence-electron chi connectivity index (χ1n) is 5.95. The van der Waals surface area contributed by atoms with E-state index in [1.54, 1.807) is 31.2 Å². The molecule has 7 heteroatoms. The van der Waals surface area contributed by atoms with Gasteiger partial charge in [-0.2, -0.15) is 4.31 Å². The van der Waals surface area contributed by atoms with Gasteiger partial charge in [-0.25, -0.2) is 8.42 Å². The Bertz CT molecular complexity index is 531. The fourth-order valence-corrected chi connectivity index (χ4v) is 3.99. The average Bonchev–Trinajstić information content (AvgIpc) is 2.39. The van der Waals surface area contributed by atoms with Crippen molar-refractivity contribution in [3.8, 4) is 0 Å². The maximum Gasteiger partial charge on any atom is 0.243 e. The van der Waals surface area contributed by atoms with E-state index in [0.717, 1.165) is 3.57 Å². The molecule has 1 aromatic carbocycles. The van der Waals surface area contributed by atoms with Crippen LogP contribution in [0.4, 0.5) is 0 Å². The maximum atomic E-state index is 12.6. The van der Waals surface area contributed by atoms with Crippen LogP contribution in [-0.2, 0) is 14.8 Å². The van der Waals surface area contributed by atoms with Crippen molar-refractivity contribution in [2.45, 2.75) is 24.0 Å². The van der Waals surface area contributed by atoms with E-state index in [9.17, 15) is 8.42 Å². The highest BCUT2D eigenvalue weighted by molar-refractivity contribution is 14.1. The number of aliphatic hydroxyl groups excluding tert-OH is 1. The SMILES string of the molecule is CC1COC(CO)CN1S(=O)(=O)c1ccc(I)cc1. The molecule has 0 aromatic heterocycles. The third kappa shape index (κ3) is 3.27.